The highest BCUT2D eigenvalue weighted by atomic mass is 16.4. The fourth-order valence-corrected chi connectivity index (χ4v) is 2.19. The molecule has 1 aromatic heterocycles. The first-order valence-electron chi connectivity index (χ1n) is 6.64. The van der Waals surface area contributed by atoms with E-state index in [1.807, 2.05) is 12.1 Å². The molecule has 0 aliphatic heterocycles. The molecule has 0 fully saturated rings. The molecule has 3 rings (SSSR count). The Labute approximate surface area is 125 Å². The molecule has 0 unspecified atom stereocenters. The summed E-state index contributed by atoms with van der Waals surface area (Å²) in [4.78, 5) is 29.5. The van der Waals surface area contributed by atoms with Gasteiger partial charge in [-0.2, -0.15) is 0 Å². The Morgan fingerprint density at radius 2 is 1.86 bits per heavy atom. The second kappa shape index (κ2) is 5.33. The van der Waals surface area contributed by atoms with Gasteiger partial charge in [-0.3, -0.25) is 4.79 Å². The van der Waals surface area contributed by atoms with Crippen molar-refractivity contribution < 1.29 is 14.7 Å². The summed E-state index contributed by atoms with van der Waals surface area (Å²) in [6.07, 6.45) is 0. The number of imidazole rings is 1. The maximum Gasteiger partial charge on any atom is 0.335 e. The summed E-state index contributed by atoms with van der Waals surface area (Å²) >= 11 is 0. The van der Waals surface area contributed by atoms with E-state index in [2.05, 4.69) is 15.3 Å². The van der Waals surface area contributed by atoms with Gasteiger partial charge in [0.15, 0.2) is 0 Å². The molecule has 22 heavy (non-hydrogen) atoms. The van der Waals surface area contributed by atoms with Gasteiger partial charge in [0.05, 0.1) is 16.6 Å². The Kier molecular flexibility index (Phi) is 3.34. The van der Waals surface area contributed by atoms with Gasteiger partial charge in [0, 0.05) is 18.2 Å². The highest BCUT2D eigenvalue weighted by Crippen LogP contribution is 2.22. The molecule has 6 nitrogen and oxygen atoms in total. The van der Waals surface area contributed by atoms with E-state index in [9.17, 15) is 9.59 Å². The molecule has 2 aromatic carbocycles. The van der Waals surface area contributed by atoms with Crippen LogP contribution < -0.4 is 5.32 Å². The van der Waals surface area contributed by atoms with E-state index in [1.165, 1.54) is 13.0 Å². The lowest BCUT2D eigenvalue weighted by molar-refractivity contribution is -0.114. The summed E-state index contributed by atoms with van der Waals surface area (Å²) in [5.41, 5.74) is 3.14. The first-order chi connectivity index (χ1) is 10.5. The van der Waals surface area contributed by atoms with Crippen LogP contribution in [0.4, 0.5) is 5.69 Å². The lowest BCUT2D eigenvalue weighted by atomic mass is 10.2. The lowest BCUT2D eigenvalue weighted by Gasteiger charge is -2.02. The van der Waals surface area contributed by atoms with Crippen LogP contribution in [0.2, 0.25) is 0 Å². The number of H-pyrrole nitrogens is 1. The topological polar surface area (TPSA) is 95.1 Å². The average Bonchev–Trinajstić information content (AvgIpc) is 2.90. The number of nitrogens with one attached hydrogen (secondary N) is 2. The average molecular weight is 295 g/mol. The summed E-state index contributed by atoms with van der Waals surface area (Å²) in [7, 11) is 0. The first kappa shape index (κ1) is 13.8. The van der Waals surface area contributed by atoms with Gasteiger partial charge in [0.2, 0.25) is 5.91 Å². The van der Waals surface area contributed by atoms with E-state index in [-0.39, 0.29) is 11.5 Å². The number of benzene rings is 2. The zero-order chi connectivity index (χ0) is 15.7. The van der Waals surface area contributed by atoms with Crippen molar-refractivity contribution in [2.75, 3.05) is 5.32 Å². The minimum Gasteiger partial charge on any atom is -0.478 e. The molecule has 0 saturated carbocycles. The van der Waals surface area contributed by atoms with Crippen molar-refractivity contribution in [2.24, 2.45) is 0 Å². The monoisotopic (exact) mass is 295 g/mol. The van der Waals surface area contributed by atoms with Crippen molar-refractivity contribution in [2.45, 2.75) is 6.92 Å². The molecule has 3 aromatic rings. The molecule has 0 saturated heterocycles. The number of carboxylic acids is 1. The third kappa shape index (κ3) is 2.67. The standard InChI is InChI=1S/C16H13N3O3/c1-9(20)17-12-5-2-10(3-6-12)15-18-13-7-4-11(16(21)22)8-14(13)19-15/h2-8H,1H3,(H,17,20)(H,18,19)(H,21,22). The Balaban J connectivity index is 1.95. The van der Waals surface area contributed by atoms with Gasteiger partial charge in [-0.15, -0.1) is 0 Å². The van der Waals surface area contributed by atoms with Crippen LogP contribution in [0, 0.1) is 0 Å². The van der Waals surface area contributed by atoms with E-state index in [1.54, 1.807) is 24.3 Å². The number of hydrogen-bond acceptors (Lipinski definition) is 3. The highest BCUT2D eigenvalue weighted by Gasteiger charge is 2.09. The van der Waals surface area contributed by atoms with Crippen molar-refractivity contribution >= 4 is 28.6 Å². The van der Waals surface area contributed by atoms with E-state index in [0.29, 0.717) is 22.5 Å². The van der Waals surface area contributed by atoms with Crippen molar-refractivity contribution in [1.29, 1.82) is 0 Å². The predicted octanol–water partition coefficient (Wildman–Crippen LogP) is 2.89. The van der Waals surface area contributed by atoms with Crippen LogP contribution in [0.25, 0.3) is 22.4 Å². The van der Waals surface area contributed by atoms with Gasteiger partial charge >= 0.3 is 5.97 Å². The number of anilines is 1. The fourth-order valence-electron chi connectivity index (χ4n) is 2.19. The maximum atomic E-state index is 11.0. The van der Waals surface area contributed by atoms with E-state index in [0.717, 1.165) is 5.56 Å². The number of carboxylic acid groups (broad SMARTS) is 1. The van der Waals surface area contributed by atoms with Crippen molar-refractivity contribution in [3.63, 3.8) is 0 Å². The van der Waals surface area contributed by atoms with Crippen molar-refractivity contribution in [3.8, 4) is 11.4 Å². The third-order valence-corrected chi connectivity index (χ3v) is 3.21. The molecule has 0 bridgehead atoms. The number of amides is 1. The summed E-state index contributed by atoms with van der Waals surface area (Å²) in [6.45, 7) is 1.45. The normalized spacial score (nSPS) is 10.6. The molecule has 0 radical (unpaired) electrons. The van der Waals surface area contributed by atoms with E-state index in [4.69, 9.17) is 5.11 Å². The number of carbonyl (C=O) groups is 2. The molecule has 0 atom stereocenters. The summed E-state index contributed by atoms with van der Waals surface area (Å²) in [5.74, 6) is -0.456. The van der Waals surface area contributed by atoms with Crippen LogP contribution >= 0.6 is 0 Å². The summed E-state index contributed by atoms with van der Waals surface area (Å²) in [6, 6.07) is 12.0. The molecule has 1 heterocycles. The number of aromatic amines is 1. The van der Waals surface area contributed by atoms with Gasteiger partial charge in [-0.1, -0.05) is 0 Å². The number of carbonyl (C=O) groups excluding carboxylic acids is 1. The van der Waals surface area contributed by atoms with Crippen molar-refractivity contribution in [3.05, 3.63) is 48.0 Å². The minimum atomic E-state index is -0.974. The molecule has 0 spiro atoms. The number of hydrogen-bond donors (Lipinski definition) is 3. The predicted molar refractivity (Wildman–Crippen MR) is 82.8 cm³/mol. The number of fused-ring (bicyclic) bond motifs is 1. The second-order valence-electron chi connectivity index (χ2n) is 4.88. The Morgan fingerprint density at radius 1 is 1.14 bits per heavy atom. The maximum absolute atomic E-state index is 11.0. The van der Waals surface area contributed by atoms with Crippen LogP contribution in [0.5, 0.6) is 0 Å². The Hall–Kier alpha value is -3.15. The summed E-state index contributed by atoms with van der Waals surface area (Å²) in [5, 5.41) is 11.7. The van der Waals surface area contributed by atoms with E-state index >= 15 is 0 Å². The molecule has 0 aliphatic carbocycles. The van der Waals surface area contributed by atoms with Crippen LogP contribution in [0.3, 0.4) is 0 Å². The fraction of sp³-hybridized carbons (Fsp3) is 0.0625. The smallest absolute Gasteiger partial charge is 0.335 e. The zero-order valence-electron chi connectivity index (χ0n) is 11.8. The quantitative estimate of drug-likeness (QED) is 0.692. The molecule has 0 aliphatic rings. The first-order valence-corrected chi connectivity index (χ1v) is 6.64. The summed E-state index contributed by atoms with van der Waals surface area (Å²) < 4.78 is 0. The minimum absolute atomic E-state index is 0.127. The lowest BCUT2D eigenvalue weighted by Crippen LogP contribution is -2.05. The van der Waals surface area contributed by atoms with Crippen LogP contribution in [-0.4, -0.2) is 27.0 Å². The van der Waals surface area contributed by atoms with Gasteiger partial charge in [-0.25, -0.2) is 9.78 Å². The van der Waals surface area contributed by atoms with Crippen LogP contribution in [0.15, 0.2) is 42.5 Å². The van der Waals surface area contributed by atoms with Crippen LogP contribution in [-0.2, 0) is 4.79 Å². The SMILES string of the molecule is CC(=O)Nc1ccc(-c2nc3ccc(C(=O)O)cc3[nH]2)cc1. The molecule has 110 valence electrons. The largest absolute Gasteiger partial charge is 0.478 e. The number of aromatic nitrogens is 2. The van der Waals surface area contributed by atoms with Crippen LogP contribution in [0.1, 0.15) is 17.3 Å². The third-order valence-electron chi connectivity index (χ3n) is 3.21. The number of nitrogens with zero attached hydrogens (tertiary/aromatic N) is 1. The molecule has 1 amide bonds. The number of rotatable bonds is 3. The Morgan fingerprint density at radius 3 is 2.50 bits per heavy atom. The molecular formula is C16H13N3O3. The van der Waals surface area contributed by atoms with Gasteiger partial charge < -0.3 is 15.4 Å². The van der Waals surface area contributed by atoms with Gasteiger partial charge in [0.25, 0.3) is 0 Å². The molecule has 6 heteroatoms. The second-order valence-corrected chi connectivity index (χ2v) is 4.88. The van der Waals surface area contributed by atoms with Crippen molar-refractivity contribution in [1.82, 2.24) is 9.97 Å². The van der Waals surface area contributed by atoms with E-state index < -0.39 is 5.97 Å². The van der Waals surface area contributed by atoms with Gasteiger partial charge in [-0.05, 0) is 42.5 Å². The van der Waals surface area contributed by atoms with Gasteiger partial charge in [0.1, 0.15) is 5.82 Å². The zero-order valence-corrected chi connectivity index (χ0v) is 11.8. The molecule has 3 N–H and O–H groups in total. The molecular weight excluding hydrogens is 282 g/mol. The number of aromatic carboxylic acids is 1. The Bertz CT molecular complexity index is 866. The highest BCUT2D eigenvalue weighted by molar-refractivity contribution is 5.93.